The third-order valence-electron chi connectivity index (χ3n) is 3.82. The number of benzene rings is 2. The number of anilines is 2. The van der Waals surface area contributed by atoms with Crippen LogP contribution in [0.25, 0.3) is 0 Å². The molecule has 0 aliphatic carbocycles. The summed E-state index contributed by atoms with van der Waals surface area (Å²) < 4.78 is 0. The van der Waals surface area contributed by atoms with E-state index in [1.54, 1.807) is 30.3 Å². The van der Waals surface area contributed by atoms with Gasteiger partial charge in [-0.1, -0.05) is 18.2 Å². The van der Waals surface area contributed by atoms with Gasteiger partial charge in [-0.05, 0) is 24.3 Å². The number of para-hydroxylation sites is 1. The number of nitro groups is 1. The van der Waals surface area contributed by atoms with Gasteiger partial charge in [0.1, 0.15) is 13.1 Å². The molecule has 0 saturated heterocycles. The fraction of sp³-hybridized carbons (Fsp3) is 0.167. The summed E-state index contributed by atoms with van der Waals surface area (Å²) in [5, 5.41) is 20.6. The molecule has 0 bridgehead atoms. The van der Waals surface area contributed by atoms with Gasteiger partial charge in [0.15, 0.2) is 5.75 Å². The van der Waals surface area contributed by atoms with Crippen molar-refractivity contribution in [2.75, 3.05) is 22.9 Å². The zero-order valence-corrected chi connectivity index (χ0v) is 14.9. The molecule has 10 heteroatoms. The first-order valence-corrected chi connectivity index (χ1v) is 8.10. The SMILES string of the molecule is CC(=O)N(CC(=O)N(CC(N)=O)c1ccccc1)c1ccc(O)c([N+](=O)[O-])c1. The average Bonchev–Trinajstić information content (AvgIpc) is 2.64. The van der Waals surface area contributed by atoms with Crippen LogP contribution in [0.15, 0.2) is 48.5 Å². The monoisotopic (exact) mass is 386 g/mol. The number of hydrogen-bond donors (Lipinski definition) is 2. The lowest BCUT2D eigenvalue weighted by molar-refractivity contribution is -0.385. The van der Waals surface area contributed by atoms with Gasteiger partial charge in [0.05, 0.1) is 10.6 Å². The Hall–Kier alpha value is -3.95. The number of rotatable bonds is 7. The molecule has 0 radical (unpaired) electrons. The van der Waals surface area contributed by atoms with Gasteiger partial charge in [0.2, 0.25) is 17.7 Å². The van der Waals surface area contributed by atoms with E-state index in [0.717, 1.165) is 21.9 Å². The normalized spacial score (nSPS) is 10.2. The number of aromatic hydroxyl groups is 1. The summed E-state index contributed by atoms with van der Waals surface area (Å²) >= 11 is 0. The Kier molecular flexibility index (Phi) is 6.27. The van der Waals surface area contributed by atoms with Crippen LogP contribution in [0.2, 0.25) is 0 Å². The Balaban J connectivity index is 2.36. The van der Waals surface area contributed by atoms with Crippen LogP contribution in [0.3, 0.4) is 0 Å². The molecular weight excluding hydrogens is 368 g/mol. The van der Waals surface area contributed by atoms with Crippen molar-refractivity contribution in [2.24, 2.45) is 5.73 Å². The Labute approximate surface area is 159 Å². The van der Waals surface area contributed by atoms with Gasteiger partial charge in [-0.15, -0.1) is 0 Å². The summed E-state index contributed by atoms with van der Waals surface area (Å²) in [5.41, 5.74) is 5.08. The number of phenolic OH excluding ortho intramolecular Hbond substituents is 1. The number of primary amides is 1. The van der Waals surface area contributed by atoms with Gasteiger partial charge in [-0.3, -0.25) is 24.5 Å². The van der Waals surface area contributed by atoms with Gasteiger partial charge in [-0.25, -0.2) is 0 Å². The smallest absolute Gasteiger partial charge is 0.312 e. The van der Waals surface area contributed by atoms with Gasteiger partial charge in [0.25, 0.3) is 0 Å². The Bertz CT molecular complexity index is 916. The highest BCUT2D eigenvalue weighted by Crippen LogP contribution is 2.30. The van der Waals surface area contributed by atoms with Gasteiger partial charge < -0.3 is 20.6 Å². The largest absolute Gasteiger partial charge is 0.502 e. The lowest BCUT2D eigenvalue weighted by Crippen LogP contribution is -2.45. The molecule has 0 saturated carbocycles. The van der Waals surface area contributed by atoms with Crippen LogP contribution < -0.4 is 15.5 Å². The number of carbonyl (C=O) groups excluding carboxylic acids is 3. The van der Waals surface area contributed by atoms with Crippen molar-refractivity contribution < 1.29 is 24.4 Å². The second-order valence-electron chi connectivity index (χ2n) is 5.82. The molecule has 0 unspecified atom stereocenters. The topological polar surface area (TPSA) is 147 Å². The molecule has 0 aromatic heterocycles. The van der Waals surface area contributed by atoms with Gasteiger partial charge in [-0.2, -0.15) is 0 Å². The third-order valence-corrected chi connectivity index (χ3v) is 3.82. The number of nitro benzene ring substituents is 1. The van der Waals surface area contributed by atoms with Crippen molar-refractivity contribution in [3.05, 3.63) is 58.6 Å². The van der Waals surface area contributed by atoms with Crippen LogP contribution in [0, 0.1) is 10.1 Å². The van der Waals surface area contributed by atoms with Crippen molar-refractivity contribution in [1.82, 2.24) is 0 Å². The first kappa shape index (κ1) is 20.4. The van der Waals surface area contributed by atoms with E-state index in [1.165, 1.54) is 13.0 Å². The summed E-state index contributed by atoms with van der Waals surface area (Å²) in [7, 11) is 0. The number of carbonyl (C=O) groups is 3. The van der Waals surface area contributed by atoms with E-state index in [4.69, 9.17) is 5.73 Å². The van der Waals surface area contributed by atoms with Crippen molar-refractivity contribution in [3.63, 3.8) is 0 Å². The van der Waals surface area contributed by atoms with Crippen LogP contribution >= 0.6 is 0 Å². The molecule has 0 spiro atoms. The third kappa shape index (κ3) is 4.81. The van der Waals surface area contributed by atoms with Gasteiger partial charge >= 0.3 is 5.69 Å². The lowest BCUT2D eigenvalue weighted by Gasteiger charge is -2.26. The first-order valence-electron chi connectivity index (χ1n) is 8.10. The summed E-state index contributed by atoms with van der Waals surface area (Å²) in [6.07, 6.45) is 0. The quantitative estimate of drug-likeness (QED) is 0.539. The van der Waals surface area contributed by atoms with E-state index >= 15 is 0 Å². The lowest BCUT2D eigenvalue weighted by atomic mass is 10.2. The summed E-state index contributed by atoms with van der Waals surface area (Å²) in [4.78, 5) is 48.6. The highest BCUT2D eigenvalue weighted by atomic mass is 16.6. The maximum atomic E-state index is 12.8. The van der Waals surface area contributed by atoms with Crippen LogP contribution in [0.1, 0.15) is 6.92 Å². The first-order chi connectivity index (χ1) is 13.2. The van der Waals surface area contributed by atoms with Crippen molar-refractivity contribution in [3.8, 4) is 5.75 Å². The molecule has 28 heavy (non-hydrogen) atoms. The molecule has 2 aromatic carbocycles. The molecule has 0 aliphatic heterocycles. The number of amides is 3. The molecule has 0 atom stereocenters. The molecule has 0 aliphatic rings. The minimum atomic E-state index is -0.803. The van der Waals surface area contributed by atoms with E-state index in [2.05, 4.69) is 0 Å². The molecule has 0 fully saturated rings. The summed E-state index contributed by atoms with van der Waals surface area (Å²) in [6, 6.07) is 11.6. The fourth-order valence-electron chi connectivity index (χ4n) is 2.52. The van der Waals surface area contributed by atoms with Crippen molar-refractivity contribution in [1.29, 1.82) is 0 Å². The highest BCUT2D eigenvalue weighted by molar-refractivity contribution is 6.05. The molecule has 10 nitrogen and oxygen atoms in total. The summed E-state index contributed by atoms with van der Waals surface area (Å²) in [5.74, 6) is -2.48. The molecule has 0 heterocycles. The summed E-state index contributed by atoms with van der Waals surface area (Å²) in [6.45, 7) is 0.302. The van der Waals surface area contributed by atoms with Gasteiger partial charge in [0, 0.05) is 18.7 Å². The standard InChI is InChI=1S/C18H18N4O6/c1-12(23)20(14-7-8-16(24)15(9-14)22(27)28)11-18(26)21(10-17(19)25)13-5-3-2-4-6-13/h2-9,24H,10-11H2,1H3,(H2,19,25). The fourth-order valence-corrected chi connectivity index (χ4v) is 2.52. The molecule has 3 amide bonds. The van der Waals surface area contributed by atoms with E-state index in [1.807, 2.05) is 0 Å². The maximum Gasteiger partial charge on any atom is 0.312 e. The van der Waals surface area contributed by atoms with Crippen LogP contribution in [-0.4, -0.2) is 40.8 Å². The van der Waals surface area contributed by atoms with Crippen LogP contribution in [0.4, 0.5) is 17.1 Å². The van der Waals surface area contributed by atoms with Crippen LogP contribution in [0.5, 0.6) is 5.75 Å². The van der Waals surface area contributed by atoms with E-state index < -0.39 is 47.2 Å². The molecular formula is C18H18N4O6. The Morgan fingerprint density at radius 3 is 2.21 bits per heavy atom. The van der Waals surface area contributed by atoms with Crippen molar-refractivity contribution >= 4 is 34.8 Å². The molecule has 2 rings (SSSR count). The predicted octanol–water partition coefficient (Wildman–Crippen LogP) is 1.17. The minimum Gasteiger partial charge on any atom is -0.502 e. The minimum absolute atomic E-state index is 0.0532. The van der Waals surface area contributed by atoms with E-state index in [0.29, 0.717) is 5.69 Å². The van der Waals surface area contributed by atoms with E-state index in [9.17, 15) is 29.6 Å². The Morgan fingerprint density at radius 2 is 1.68 bits per heavy atom. The zero-order chi connectivity index (χ0) is 20.8. The molecule has 2 aromatic rings. The second kappa shape index (κ2) is 8.62. The van der Waals surface area contributed by atoms with Crippen molar-refractivity contribution in [2.45, 2.75) is 6.92 Å². The van der Waals surface area contributed by atoms with Crippen LogP contribution in [-0.2, 0) is 14.4 Å². The number of nitrogens with zero attached hydrogens (tertiary/aromatic N) is 3. The Morgan fingerprint density at radius 1 is 1.04 bits per heavy atom. The van der Waals surface area contributed by atoms with E-state index in [-0.39, 0.29) is 5.69 Å². The second-order valence-corrected chi connectivity index (χ2v) is 5.82. The highest BCUT2D eigenvalue weighted by Gasteiger charge is 2.25. The average molecular weight is 386 g/mol. The number of hydrogen-bond acceptors (Lipinski definition) is 6. The predicted molar refractivity (Wildman–Crippen MR) is 101 cm³/mol. The number of nitrogens with two attached hydrogens (primary N) is 1. The molecule has 146 valence electrons. The zero-order valence-electron chi connectivity index (χ0n) is 14.9. The molecule has 3 N–H and O–H groups in total. The number of phenols is 1. The maximum absolute atomic E-state index is 12.8.